The maximum Gasteiger partial charge on any atom is 0.240 e. The molecular formula is C22H29N5O. The van der Waals surface area contributed by atoms with Gasteiger partial charge in [0.05, 0.1) is 24.4 Å². The molecule has 2 fully saturated rings. The van der Waals surface area contributed by atoms with E-state index in [2.05, 4.69) is 52.6 Å². The van der Waals surface area contributed by atoms with Crippen molar-refractivity contribution in [1.82, 2.24) is 10.2 Å². The van der Waals surface area contributed by atoms with E-state index in [0.717, 1.165) is 56.0 Å². The second-order valence-corrected chi connectivity index (χ2v) is 8.57. The van der Waals surface area contributed by atoms with E-state index in [1.54, 1.807) is 6.21 Å². The van der Waals surface area contributed by atoms with E-state index in [1.165, 1.54) is 12.0 Å². The normalized spacial score (nSPS) is 31.8. The summed E-state index contributed by atoms with van der Waals surface area (Å²) in [5, 5.41) is 21.4. The van der Waals surface area contributed by atoms with Gasteiger partial charge in [-0.3, -0.25) is 15.2 Å². The molecule has 3 heterocycles. The number of aliphatic imine (C=N–C) groups is 1. The van der Waals surface area contributed by atoms with Gasteiger partial charge in [0.2, 0.25) is 5.82 Å². The Morgan fingerprint density at radius 2 is 1.96 bits per heavy atom. The van der Waals surface area contributed by atoms with Crippen LogP contribution in [0, 0.1) is 5.21 Å². The summed E-state index contributed by atoms with van der Waals surface area (Å²) in [5.41, 5.74) is 2.38. The van der Waals surface area contributed by atoms with Crippen LogP contribution in [0.1, 0.15) is 50.5 Å². The number of nitrogens with one attached hydrogen (secondary N) is 1. The number of nitrogens with zero attached hydrogens (tertiary/aromatic N) is 4. The quantitative estimate of drug-likeness (QED) is 0.645. The Hall–Kier alpha value is -2.02. The summed E-state index contributed by atoms with van der Waals surface area (Å²) < 4.78 is -0.548. The van der Waals surface area contributed by atoms with Crippen LogP contribution in [0.2, 0.25) is 0 Å². The molecule has 4 aliphatic rings. The average Bonchev–Trinajstić information content (AvgIpc) is 3.49. The van der Waals surface area contributed by atoms with Gasteiger partial charge in [0.25, 0.3) is 0 Å². The van der Waals surface area contributed by atoms with E-state index in [0.29, 0.717) is 12.5 Å². The molecule has 0 amide bonds. The van der Waals surface area contributed by atoms with E-state index >= 15 is 0 Å². The molecule has 1 N–H and O–H groups in total. The fourth-order valence-electron chi connectivity index (χ4n) is 5.16. The number of benzene rings is 1. The summed E-state index contributed by atoms with van der Waals surface area (Å²) in [6, 6.07) is 11.0. The molecule has 6 nitrogen and oxygen atoms in total. The molecule has 1 saturated carbocycles. The zero-order valence-electron chi connectivity index (χ0n) is 16.6. The van der Waals surface area contributed by atoms with Crippen molar-refractivity contribution in [2.45, 2.75) is 57.0 Å². The second-order valence-electron chi connectivity index (χ2n) is 8.57. The van der Waals surface area contributed by atoms with Crippen LogP contribution in [0.15, 0.2) is 51.8 Å². The van der Waals surface area contributed by atoms with E-state index in [1.807, 2.05) is 0 Å². The van der Waals surface area contributed by atoms with Gasteiger partial charge in [-0.15, -0.1) is 0 Å². The van der Waals surface area contributed by atoms with Gasteiger partial charge in [-0.05, 0) is 44.2 Å². The van der Waals surface area contributed by atoms with Crippen molar-refractivity contribution in [3.05, 3.63) is 52.5 Å². The van der Waals surface area contributed by atoms with E-state index < -0.39 is 4.76 Å². The first-order valence-electron chi connectivity index (χ1n) is 10.6. The van der Waals surface area contributed by atoms with Crippen molar-refractivity contribution in [3.8, 4) is 0 Å². The Morgan fingerprint density at radius 1 is 1.18 bits per heavy atom. The molecule has 0 aromatic heterocycles. The summed E-state index contributed by atoms with van der Waals surface area (Å²) in [7, 11) is 0. The average molecular weight is 380 g/mol. The summed E-state index contributed by atoms with van der Waals surface area (Å²) in [5.74, 6) is 2.22. The van der Waals surface area contributed by atoms with Gasteiger partial charge in [0.15, 0.2) is 0 Å². The van der Waals surface area contributed by atoms with Gasteiger partial charge < -0.3 is 5.21 Å². The van der Waals surface area contributed by atoms with Gasteiger partial charge in [-0.2, -0.15) is 4.76 Å². The van der Waals surface area contributed by atoms with Crippen LogP contribution in [0.3, 0.4) is 0 Å². The molecule has 0 spiro atoms. The second kappa shape index (κ2) is 7.10. The Bertz CT molecular complexity index is 827. The lowest BCUT2D eigenvalue weighted by Gasteiger charge is -2.41. The molecule has 1 saturated heterocycles. The smallest absolute Gasteiger partial charge is 0.240 e. The van der Waals surface area contributed by atoms with Gasteiger partial charge in [-0.25, -0.2) is 0 Å². The predicted octanol–water partition coefficient (Wildman–Crippen LogP) is 3.33. The Kier molecular flexibility index (Phi) is 4.57. The minimum Gasteiger partial charge on any atom is -0.598 e. The molecule has 3 aliphatic heterocycles. The molecule has 3 atom stereocenters. The lowest BCUT2D eigenvalue weighted by molar-refractivity contribution is -0.874. The highest BCUT2D eigenvalue weighted by atomic mass is 16.6. The van der Waals surface area contributed by atoms with Crippen molar-refractivity contribution in [1.29, 1.82) is 0 Å². The van der Waals surface area contributed by atoms with Gasteiger partial charge in [0.1, 0.15) is 11.9 Å². The number of hydrogen-bond acceptors (Lipinski definition) is 5. The molecule has 0 bridgehead atoms. The third kappa shape index (κ3) is 3.00. The monoisotopic (exact) mass is 379 g/mol. The first-order valence-corrected chi connectivity index (χ1v) is 10.6. The molecule has 1 aliphatic carbocycles. The van der Waals surface area contributed by atoms with Crippen LogP contribution in [-0.2, 0) is 0 Å². The highest BCUT2D eigenvalue weighted by Crippen LogP contribution is 2.37. The molecule has 5 rings (SSSR count). The predicted molar refractivity (Wildman–Crippen MR) is 112 cm³/mol. The zero-order valence-corrected chi connectivity index (χ0v) is 16.6. The molecule has 6 heteroatoms. The van der Waals surface area contributed by atoms with Crippen molar-refractivity contribution in [2.24, 2.45) is 10.1 Å². The van der Waals surface area contributed by atoms with Gasteiger partial charge in [0, 0.05) is 19.4 Å². The largest absolute Gasteiger partial charge is 0.598 e. The number of hydrogen-bond donors (Lipinski definition) is 1. The molecule has 2 unspecified atom stereocenters. The number of rotatable bonds is 4. The standard InChI is InChI=1S/C22H29N5O/c1-16(26-12-11-18(15-26)17-7-3-2-4-8-17)21-23-13-19-14-24-27(28,22(19)25-21)20-9-5-6-10-20/h2-4,7-8,14,16,18,20H,5-6,9-13,15H2,1H3,(H,23,25)/t16-,18?,27?/m1/s1. The fraction of sp³-hybridized carbons (Fsp3) is 0.545. The molecule has 0 radical (unpaired) electrons. The Morgan fingerprint density at radius 3 is 2.75 bits per heavy atom. The van der Waals surface area contributed by atoms with E-state index in [9.17, 15) is 5.21 Å². The first-order chi connectivity index (χ1) is 13.6. The van der Waals surface area contributed by atoms with Crippen LogP contribution in [-0.4, -0.2) is 53.4 Å². The summed E-state index contributed by atoms with van der Waals surface area (Å²) in [6.45, 7) is 4.87. The number of amidine groups is 1. The van der Waals surface area contributed by atoms with E-state index in [-0.39, 0.29) is 12.1 Å². The van der Waals surface area contributed by atoms with Gasteiger partial charge >= 0.3 is 0 Å². The molecular weight excluding hydrogens is 350 g/mol. The summed E-state index contributed by atoms with van der Waals surface area (Å²) in [6.07, 6.45) is 7.12. The van der Waals surface area contributed by atoms with Crippen molar-refractivity contribution in [3.63, 3.8) is 0 Å². The van der Waals surface area contributed by atoms with Crippen LogP contribution in [0.4, 0.5) is 0 Å². The van der Waals surface area contributed by atoms with Crippen molar-refractivity contribution < 1.29 is 4.76 Å². The molecule has 1 aromatic rings. The maximum atomic E-state index is 13.5. The van der Waals surface area contributed by atoms with Crippen LogP contribution in [0.25, 0.3) is 0 Å². The Labute approximate surface area is 166 Å². The highest BCUT2D eigenvalue weighted by molar-refractivity contribution is 5.93. The Balaban J connectivity index is 1.28. The fourth-order valence-corrected chi connectivity index (χ4v) is 5.16. The minimum atomic E-state index is -0.548. The van der Waals surface area contributed by atoms with Crippen LogP contribution < -0.4 is 5.32 Å². The summed E-state index contributed by atoms with van der Waals surface area (Å²) >= 11 is 0. The SMILES string of the molecule is C[C@H](C1=NCC2=C(N1)[N+]([O-])(C1CCCC1)N=C2)N1CCC(c2ccccc2)C1. The van der Waals surface area contributed by atoms with Crippen molar-refractivity contribution in [2.75, 3.05) is 19.6 Å². The number of likely N-dealkylation sites (tertiary alicyclic amines) is 1. The molecule has 148 valence electrons. The van der Waals surface area contributed by atoms with Crippen LogP contribution in [0.5, 0.6) is 0 Å². The maximum absolute atomic E-state index is 13.5. The molecule has 1 aromatic carbocycles. The highest BCUT2D eigenvalue weighted by Gasteiger charge is 2.43. The third-order valence-corrected chi connectivity index (χ3v) is 6.93. The third-order valence-electron chi connectivity index (χ3n) is 6.93. The lowest BCUT2D eigenvalue weighted by atomic mass is 9.99. The van der Waals surface area contributed by atoms with Crippen LogP contribution >= 0.6 is 0 Å². The zero-order chi connectivity index (χ0) is 19.1. The minimum absolute atomic E-state index is 0.0557. The topological polar surface area (TPSA) is 63.1 Å². The van der Waals surface area contributed by atoms with Crippen molar-refractivity contribution >= 4 is 12.1 Å². The van der Waals surface area contributed by atoms with Gasteiger partial charge in [-0.1, -0.05) is 35.4 Å². The summed E-state index contributed by atoms with van der Waals surface area (Å²) in [4.78, 5) is 7.26. The number of hydroxylamine groups is 2. The molecule has 28 heavy (non-hydrogen) atoms. The number of quaternary nitrogens is 1. The lowest BCUT2D eigenvalue weighted by Crippen LogP contribution is -2.53. The van der Waals surface area contributed by atoms with E-state index in [4.69, 9.17) is 4.99 Å². The first kappa shape index (κ1) is 18.0.